The highest BCUT2D eigenvalue weighted by atomic mass is 79.9. The monoisotopic (exact) mass is 324 g/mol. The van der Waals surface area contributed by atoms with Gasteiger partial charge in [0.1, 0.15) is 0 Å². The molecular formula is C15H21BrN2O. The number of amides is 1. The third-order valence-corrected chi connectivity index (χ3v) is 4.28. The number of benzene rings is 1. The molecule has 1 aliphatic heterocycles. The van der Waals surface area contributed by atoms with E-state index >= 15 is 0 Å². The van der Waals surface area contributed by atoms with E-state index in [1.165, 1.54) is 11.1 Å². The molecule has 0 atom stereocenters. The first-order chi connectivity index (χ1) is 8.90. The molecule has 104 valence electrons. The molecule has 0 unspecified atom stereocenters. The lowest BCUT2D eigenvalue weighted by molar-refractivity contribution is -0.126. The molecule has 1 amide bonds. The van der Waals surface area contributed by atoms with Crippen molar-refractivity contribution in [2.45, 2.75) is 26.2 Å². The number of halogens is 1. The van der Waals surface area contributed by atoms with Gasteiger partial charge in [0.25, 0.3) is 0 Å². The maximum Gasteiger partial charge on any atom is 0.225 e. The zero-order valence-electron chi connectivity index (χ0n) is 11.7. The third-order valence-electron chi connectivity index (χ3n) is 3.79. The van der Waals surface area contributed by atoms with Gasteiger partial charge in [-0.1, -0.05) is 35.8 Å². The number of carbonyl (C=O) groups is 1. The zero-order valence-corrected chi connectivity index (χ0v) is 13.3. The van der Waals surface area contributed by atoms with E-state index in [1.54, 1.807) is 0 Å². The normalized spacial score (nSPS) is 16.0. The van der Waals surface area contributed by atoms with E-state index in [2.05, 4.69) is 59.5 Å². The van der Waals surface area contributed by atoms with Crippen molar-refractivity contribution in [3.05, 3.63) is 33.8 Å². The fraction of sp³-hybridized carbons (Fsp3) is 0.533. The second kappa shape index (κ2) is 5.63. The second-order valence-electron chi connectivity index (χ2n) is 5.92. The highest BCUT2D eigenvalue weighted by Crippen LogP contribution is 2.28. The van der Waals surface area contributed by atoms with Crippen molar-refractivity contribution < 1.29 is 4.79 Å². The van der Waals surface area contributed by atoms with Gasteiger partial charge in [-0.25, -0.2) is 0 Å². The Morgan fingerprint density at radius 2 is 2.16 bits per heavy atom. The van der Waals surface area contributed by atoms with Crippen LogP contribution in [-0.4, -0.2) is 25.5 Å². The van der Waals surface area contributed by atoms with Crippen LogP contribution in [0.2, 0.25) is 0 Å². The van der Waals surface area contributed by atoms with Crippen molar-refractivity contribution in [3.8, 4) is 0 Å². The Balaban J connectivity index is 2.04. The molecule has 1 saturated heterocycles. The minimum Gasteiger partial charge on any atom is -0.355 e. The summed E-state index contributed by atoms with van der Waals surface area (Å²) in [5, 5.41) is 6.20. The Morgan fingerprint density at radius 3 is 2.74 bits per heavy atom. The SMILES string of the molecule is Cc1ccc(Br)cc1C(C)(C)CNC(=O)C1CNC1. The van der Waals surface area contributed by atoms with Crippen LogP contribution in [0.15, 0.2) is 22.7 Å². The summed E-state index contributed by atoms with van der Waals surface area (Å²) >= 11 is 3.52. The molecule has 1 aliphatic rings. The predicted molar refractivity (Wildman–Crippen MR) is 81.3 cm³/mol. The van der Waals surface area contributed by atoms with Gasteiger partial charge in [-0.15, -0.1) is 0 Å². The van der Waals surface area contributed by atoms with Crippen LogP contribution in [0, 0.1) is 12.8 Å². The van der Waals surface area contributed by atoms with Crippen molar-refractivity contribution in [2.24, 2.45) is 5.92 Å². The molecule has 1 aromatic rings. The smallest absolute Gasteiger partial charge is 0.225 e. The average molecular weight is 325 g/mol. The van der Waals surface area contributed by atoms with E-state index in [9.17, 15) is 4.79 Å². The second-order valence-corrected chi connectivity index (χ2v) is 6.83. The summed E-state index contributed by atoms with van der Waals surface area (Å²) < 4.78 is 1.08. The quantitative estimate of drug-likeness (QED) is 0.892. The van der Waals surface area contributed by atoms with Gasteiger partial charge in [0, 0.05) is 29.5 Å². The number of nitrogens with one attached hydrogen (secondary N) is 2. The molecule has 2 rings (SSSR count). The summed E-state index contributed by atoms with van der Waals surface area (Å²) in [6, 6.07) is 6.30. The molecule has 2 N–H and O–H groups in total. The summed E-state index contributed by atoms with van der Waals surface area (Å²) in [5.41, 5.74) is 2.46. The summed E-state index contributed by atoms with van der Waals surface area (Å²) in [6.07, 6.45) is 0. The van der Waals surface area contributed by atoms with Gasteiger partial charge in [-0.2, -0.15) is 0 Å². The Labute approximate surface area is 123 Å². The molecule has 0 aromatic heterocycles. The summed E-state index contributed by atoms with van der Waals surface area (Å²) in [6.45, 7) is 8.73. The predicted octanol–water partition coefficient (Wildman–Crippen LogP) is 2.37. The van der Waals surface area contributed by atoms with Gasteiger partial charge in [-0.05, 0) is 30.2 Å². The summed E-state index contributed by atoms with van der Waals surface area (Å²) in [7, 11) is 0. The van der Waals surface area contributed by atoms with Crippen molar-refractivity contribution in [3.63, 3.8) is 0 Å². The third kappa shape index (κ3) is 3.37. The van der Waals surface area contributed by atoms with Gasteiger partial charge < -0.3 is 10.6 Å². The van der Waals surface area contributed by atoms with Gasteiger partial charge in [0.2, 0.25) is 5.91 Å². The number of rotatable bonds is 4. The summed E-state index contributed by atoms with van der Waals surface area (Å²) in [4.78, 5) is 11.9. The Kier molecular flexibility index (Phi) is 4.31. The van der Waals surface area contributed by atoms with Crippen LogP contribution in [0.4, 0.5) is 0 Å². The lowest BCUT2D eigenvalue weighted by Gasteiger charge is -2.31. The van der Waals surface area contributed by atoms with E-state index in [4.69, 9.17) is 0 Å². The first kappa shape index (κ1) is 14.5. The fourth-order valence-corrected chi connectivity index (χ4v) is 2.71. The molecule has 1 heterocycles. The van der Waals surface area contributed by atoms with Crippen molar-refractivity contribution in [2.75, 3.05) is 19.6 Å². The van der Waals surface area contributed by atoms with Gasteiger partial charge >= 0.3 is 0 Å². The highest BCUT2D eigenvalue weighted by Gasteiger charge is 2.28. The molecule has 1 fully saturated rings. The van der Waals surface area contributed by atoms with Gasteiger partial charge in [0.05, 0.1) is 5.92 Å². The lowest BCUT2D eigenvalue weighted by Crippen LogP contribution is -2.52. The zero-order chi connectivity index (χ0) is 14.0. The Bertz CT molecular complexity index is 481. The minimum absolute atomic E-state index is 0.0688. The number of carbonyl (C=O) groups excluding carboxylic acids is 1. The molecule has 0 radical (unpaired) electrons. The average Bonchev–Trinajstić information content (AvgIpc) is 2.27. The first-order valence-electron chi connectivity index (χ1n) is 6.65. The van der Waals surface area contributed by atoms with Gasteiger partial charge in [0.15, 0.2) is 0 Å². The standard InChI is InChI=1S/C15H21BrN2O/c1-10-4-5-12(16)6-13(10)15(2,3)9-18-14(19)11-7-17-8-11/h4-6,11,17H,7-9H2,1-3H3,(H,18,19). The van der Waals surface area contributed by atoms with E-state index < -0.39 is 0 Å². The van der Waals surface area contributed by atoms with Crippen LogP contribution in [0.5, 0.6) is 0 Å². The van der Waals surface area contributed by atoms with Crippen LogP contribution >= 0.6 is 15.9 Å². The molecule has 0 spiro atoms. The molecule has 1 aromatic carbocycles. The Hall–Kier alpha value is -0.870. The molecule has 3 nitrogen and oxygen atoms in total. The molecule has 4 heteroatoms. The van der Waals surface area contributed by atoms with Crippen LogP contribution in [0.25, 0.3) is 0 Å². The Morgan fingerprint density at radius 1 is 1.47 bits per heavy atom. The number of hydrogen-bond donors (Lipinski definition) is 2. The molecule has 0 bridgehead atoms. The van der Waals surface area contributed by atoms with Crippen LogP contribution in [-0.2, 0) is 10.2 Å². The number of hydrogen-bond acceptors (Lipinski definition) is 2. The van der Waals surface area contributed by atoms with E-state index in [0.29, 0.717) is 6.54 Å². The molecule has 19 heavy (non-hydrogen) atoms. The highest BCUT2D eigenvalue weighted by molar-refractivity contribution is 9.10. The van der Waals surface area contributed by atoms with Crippen molar-refractivity contribution >= 4 is 21.8 Å². The van der Waals surface area contributed by atoms with Crippen molar-refractivity contribution in [1.82, 2.24) is 10.6 Å². The minimum atomic E-state index is -0.0688. The van der Waals surface area contributed by atoms with Gasteiger partial charge in [-0.3, -0.25) is 4.79 Å². The fourth-order valence-electron chi connectivity index (χ4n) is 2.35. The van der Waals surface area contributed by atoms with Crippen LogP contribution < -0.4 is 10.6 Å². The van der Waals surface area contributed by atoms with E-state index in [-0.39, 0.29) is 17.2 Å². The maximum absolute atomic E-state index is 11.9. The van der Waals surface area contributed by atoms with Crippen LogP contribution in [0.3, 0.4) is 0 Å². The maximum atomic E-state index is 11.9. The molecule has 0 aliphatic carbocycles. The summed E-state index contributed by atoms with van der Waals surface area (Å²) in [5.74, 6) is 0.318. The topological polar surface area (TPSA) is 41.1 Å². The van der Waals surface area contributed by atoms with E-state index in [0.717, 1.165) is 17.6 Å². The molecular weight excluding hydrogens is 304 g/mol. The molecule has 0 saturated carbocycles. The first-order valence-corrected chi connectivity index (χ1v) is 7.44. The van der Waals surface area contributed by atoms with Crippen LogP contribution in [0.1, 0.15) is 25.0 Å². The lowest BCUT2D eigenvalue weighted by atomic mass is 9.82. The number of aryl methyl sites for hydroxylation is 1. The largest absolute Gasteiger partial charge is 0.355 e. The van der Waals surface area contributed by atoms with Crippen molar-refractivity contribution in [1.29, 1.82) is 0 Å². The van der Waals surface area contributed by atoms with E-state index in [1.807, 2.05) is 6.07 Å².